The van der Waals surface area contributed by atoms with E-state index in [2.05, 4.69) is 70.3 Å². The maximum absolute atomic E-state index is 9.62. The van der Waals surface area contributed by atoms with Gasteiger partial charge in [0.15, 0.2) is 34.5 Å². The van der Waals surface area contributed by atoms with Gasteiger partial charge in [0.05, 0.1) is 39.6 Å². The first-order valence-electron chi connectivity index (χ1n) is 23.2. The van der Waals surface area contributed by atoms with Crippen LogP contribution in [0.4, 0.5) is 0 Å². The molecule has 0 saturated carbocycles. The first-order valence-corrected chi connectivity index (χ1v) is 23.2. The fourth-order valence-corrected chi connectivity index (χ4v) is 7.40. The minimum atomic E-state index is 0.0601. The lowest BCUT2D eigenvalue weighted by Gasteiger charge is -2.20. The van der Waals surface area contributed by atoms with Crippen molar-refractivity contribution in [3.05, 3.63) is 61.7 Å². The number of allylic oxidation sites excluding steroid dienone is 2. The minimum Gasteiger partial charge on any atom is -0.490 e. The molecule has 0 unspecified atom stereocenters. The van der Waals surface area contributed by atoms with Crippen LogP contribution in [-0.2, 0) is 0 Å². The molecule has 0 fully saturated rings. The topological polar surface area (TPSA) is 75.6 Å². The Kier molecular flexibility index (Phi) is 22.9. The first-order chi connectivity index (χ1) is 29.1. The molecule has 0 heterocycles. The van der Waals surface area contributed by atoms with Crippen LogP contribution >= 0.6 is 0 Å². The zero-order chi connectivity index (χ0) is 41.9. The molecule has 0 atom stereocenters. The van der Waals surface area contributed by atoms with Crippen molar-refractivity contribution in [2.24, 2.45) is 0 Å². The lowest BCUT2D eigenvalue weighted by molar-refractivity contribution is 0.222. The van der Waals surface area contributed by atoms with E-state index in [1.165, 1.54) is 0 Å². The predicted octanol–water partition coefficient (Wildman–Crippen LogP) is 14.6. The SMILES string of the molecule is C=CCCCCCCOc1cc2c3cc(OCCCCC)c(OCCCO)cc3c3cc(OCCCCC)c(OCCCCCCC=C)cc3c2cc1OCCCCC. The number of unbranched alkanes of at least 4 members (excludes halogenated alkanes) is 14. The summed E-state index contributed by atoms with van der Waals surface area (Å²) in [6.07, 6.45) is 25.1. The van der Waals surface area contributed by atoms with Gasteiger partial charge in [-0.2, -0.15) is 0 Å². The smallest absolute Gasteiger partial charge is 0.161 e. The zero-order valence-electron chi connectivity index (χ0n) is 37.0. The van der Waals surface area contributed by atoms with Gasteiger partial charge in [0.2, 0.25) is 0 Å². The summed E-state index contributed by atoms with van der Waals surface area (Å²) in [5.74, 6) is 4.43. The molecule has 59 heavy (non-hydrogen) atoms. The van der Waals surface area contributed by atoms with Crippen molar-refractivity contribution in [2.45, 2.75) is 149 Å². The van der Waals surface area contributed by atoms with Crippen molar-refractivity contribution >= 4 is 32.3 Å². The zero-order valence-corrected chi connectivity index (χ0v) is 37.0. The summed E-state index contributed by atoms with van der Waals surface area (Å²) in [6.45, 7) is 17.9. The number of aliphatic hydroxyl groups is 1. The van der Waals surface area contributed by atoms with Crippen molar-refractivity contribution in [2.75, 3.05) is 46.2 Å². The summed E-state index contributed by atoms with van der Waals surface area (Å²) < 4.78 is 39.2. The van der Waals surface area contributed by atoms with Gasteiger partial charge in [-0.15, -0.1) is 13.2 Å². The maximum atomic E-state index is 9.62. The van der Waals surface area contributed by atoms with Gasteiger partial charge in [-0.05, 0) is 127 Å². The third-order valence-electron chi connectivity index (χ3n) is 10.8. The Balaban J connectivity index is 1.92. The Morgan fingerprint density at radius 1 is 0.356 bits per heavy atom. The van der Waals surface area contributed by atoms with Gasteiger partial charge in [-0.3, -0.25) is 0 Å². The molecule has 326 valence electrons. The van der Waals surface area contributed by atoms with E-state index in [1.807, 2.05) is 12.2 Å². The van der Waals surface area contributed by atoms with Gasteiger partial charge in [-0.25, -0.2) is 0 Å². The Hall–Kier alpha value is -4.10. The lowest BCUT2D eigenvalue weighted by atomic mass is 9.93. The highest BCUT2D eigenvalue weighted by Crippen LogP contribution is 2.47. The third-order valence-corrected chi connectivity index (χ3v) is 10.8. The summed E-state index contributed by atoms with van der Waals surface area (Å²) in [5, 5.41) is 15.9. The standard InChI is InChI=1S/C52H76O7/c1-6-11-16-18-20-25-32-57-49-37-43-41-35-47(54-29-22-13-8-3)50(58-33-26-21-19-17-12-7-2)38-44(41)45-39-51(56-31-24-15-10-5)52(59-34-27-28-53)40-46(45)42(43)36-48(49)55-30-23-14-9-4/h6-7,35-40,53H,1-2,8-34H2,3-5H3. The minimum absolute atomic E-state index is 0.0601. The molecule has 1 N–H and O–H groups in total. The number of ether oxygens (including phenoxy) is 6. The molecule has 0 aliphatic rings. The second-order valence-corrected chi connectivity index (χ2v) is 15.8. The highest BCUT2D eigenvalue weighted by Gasteiger charge is 2.20. The summed E-state index contributed by atoms with van der Waals surface area (Å²) in [6, 6.07) is 13.0. The first kappa shape index (κ1) is 47.6. The van der Waals surface area contributed by atoms with Crippen LogP contribution in [0.15, 0.2) is 61.7 Å². The maximum Gasteiger partial charge on any atom is 0.161 e. The van der Waals surface area contributed by atoms with Crippen LogP contribution in [0.2, 0.25) is 0 Å². The quantitative estimate of drug-likeness (QED) is 0.0282. The summed E-state index contributed by atoms with van der Waals surface area (Å²) >= 11 is 0. The molecular weight excluding hydrogens is 737 g/mol. The fraction of sp³-hybridized carbons (Fsp3) is 0.577. The third kappa shape index (κ3) is 15.5. The van der Waals surface area contributed by atoms with Crippen LogP contribution in [-0.4, -0.2) is 51.4 Å². The van der Waals surface area contributed by atoms with Crippen molar-refractivity contribution in [3.8, 4) is 34.5 Å². The molecule has 7 heteroatoms. The molecule has 7 nitrogen and oxygen atoms in total. The van der Waals surface area contributed by atoms with Crippen LogP contribution in [0.25, 0.3) is 32.3 Å². The summed E-state index contributed by atoms with van der Waals surface area (Å²) in [4.78, 5) is 0. The summed E-state index contributed by atoms with van der Waals surface area (Å²) in [5.41, 5.74) is 0. The number of rotatable bonds is 35. The average Bonchev–Trinajstić information content (AvgIpc) is 3.25. The van der Waals surface area contributed by atoms with E-state index < -0.39 is 0 Å². The Morgan fingerprint density at radius 2 is 0.593 bits per heavy atom. The molecule has 0 aliphatic carbocycles. The van der Waals surface area contributed by atoms with Crippen LogP contribution in [0.3, 0.4) is 0 Å². The predicted molar refractivity (Wildman–Crippen MR) is 249 cm³/mol. The van der Waals surface area contributed by atoms with Crippen molar-refractivity contribution < 1.29 is 33.5 Å². The molecule has 0 aromatic heterocycles. The molecular formula is C52H76O7. The summed E-state index contributed by atoms with van der Waals surface area (Å²) in [7, 11) is 0. The van der Waals surface area contributed by atoms with E-state index in [9.17, 15) is 5.11 Å². The Bertz CT molecular complexity index is 1760. The van der Waals surface area contributed by atoms with E-state index >= 15 is 0 Å². The number of hydrogen-bond donors (Lipinski definition) is 1. The number of benzene rings is 4. The highest BCUT2D eigenvalue weighted by atomic mass is 16.5. The molecule has 4 rings (SSSR count). The largest absolute Gasteiger partial charge is 0.490 e. The molecule has 0 aliphatic heterocycles. The highest BCUT2D eigenvalue weighted by molar-refractivity contribution is 6.26. The van der Waals surface area contributed by atoms with Gasteiger partial charge in [-0.1, -0.05) is 97.1 Å². The van der Waals surface area contributed by atoms with Gasteiger partial charge in [0.1, 0.15) is 0 Å². The number of aliphatic hydroxyl groups excluding tert-OH is 1. The second-order valence-electron chi connectivity index (χ2n) is 15.8. The molecule has 0 spiro atoms. The Labute approximate surface area is 356 Å². The van der Waals surface area contributed by atoms with Crippen LogP contribution in [0.1, 0.15) is 149 Å². The fourth-order valence-electron chi connectivity index (χ4n) is 7.40. The van der Waals surface area contributed by atoms with E-state index in [1.54, 1.807) is 0 Å². The van der Waals surface area contributed by atoms with Gasteiger partial charge in [0, 0.05) is 13.0 Å². The van der Waals surface area contributed by atoms with Crippen LogP contribution < -0.4 is 28.4 Å². The van der Waals surface area contributed by atoms with E-state index in [0.717, 1.165) is 177 Å². The van der Waals surface area contributed by atoms with Gasteiger partial charge in [0.25, 0.3) is 0 Å². The van der Waals surface area contributed by atoms with Crippen molar-refractivity contribution in [1.29, 1.82) is 0 Å². The normalized spacial score (nSPS) is 11.3. The van der Waals surface area contributed by atoms with Crippen LogP contribution in [0.5, 0.6) is 34.5 Å². The lowest BCUT2D eigenvalue weighted by Crippen LogP contribution is -2.05. The van der Waals surface area contributed by atoms with Gasteiger partial charge < -0.3 is 33.5 Å². The van der Waals surface area contributed by atoms with Crippen molar-refractivity contribution in [3.63, 3.8) is 0 Å². The molecule has 0 bridgehead atoms. The monoisotopic (exact) mass is 813 g/mol. The van der Waals surface area contributed by atoms with Gasteiger partial charge >= 0.3 is 0 Å². The van der Waals surface area contributed by atoms with E-state index in [-0.39, 0.29) is 6.61 Å². The van der Waals surface area contributed by atoms with Crippen molar-refractivity contribution in [1.82, 2.24) is 0 Å². The van der Waals surface area contributed by atoms with E-state index in [0.29, 0.717) is 57.6 Å². The second kappa shape index (κ2) is 28.4. The number of fused-ring (bicyclic) bond motifs is 6. The van der Waals surface area contributed by atoms with E-state index in [4.69, 9.17) is 28.4 Å². The molecule has 0 amide bonds. The molecule has 4 aromatic carbocycles. The molecule has 4 aromatic rings. The molecule has 0 saturated heterocycles. The van der Waals surface area contributed by atoms with Crippen LogP contribution in [0, 0.1) is 0 Å². The molecule has 0 radical (unpaired) electrons. The Morgan fingerprint density at radius 3 is 0.831 bits per heavy atom. The number of hydrogen-bond acceptors (Lipinski definition) is 7. The average molecular weight is 813 g/mol.